The highest BCUT2D eigenvalue weighted by atomic mass is 79.9. The number of hydrogen-bond donors (Lipinski definition) is 2. The molecule has 0 atom stereocenters. The van der Waals surface area contributed by atoms with Gasteiger partial charge in [0.2, 0.25) is 0 Å². The zero-order chi connectivity index (χ0) is 13.5. The molecule has 0 spiro atoms. The lowest BCUT2D eigenvalue weighted by atomic mass is 9.97. The van der Waals surface area contributed by atoms with Crippen molar-refractivity contribution in [2.45, 2.75) is 13.0 Å². The van der Waals surface area contributed by atoms with Gasteiger partial charge in [-0.15, -0.1) is 12.4 Å². The maximum Gasteiger partial charge on any atom is 0.0610 e. The number of aromatic nitrogens is 1. The van der Waals surface area contributed by atoms with Crippen LogP contribution >= 0.6 is 28.3 Å². The van der Waals surface area contributed by atoms with Crippen LogP contribution in [-0.4, -0.2) is 11.5 Å². The van der Waals surface area contributed by atoms with Crippen LogP contribution < -0.4 is 5.32 Å². The average molecular weight is 364 g/mol. The lowest BCUT2D eigenvalue weighted by Gasteiger charge is -2.14. The number of nitrogens with one attached hydrogen (secondary N) is 2. The van der Waals surface area contributed by atoms with Gasteiger partial charge in [0.1, 0.15) is 0 Å². The van der Waals surface area contributed by atoms with Gasteiger partial charge in [-0.2, -0.15) is 0 Å². The van der Waals surface area contributed by atoms with Gasteiger partial charge in [-0.1, -0.05) is 36.4 Å². The third-order valence-corrected chi connectivity index (χ3v) is 4.70. The Hall–Kier alpha value is -1.29. The van der Waals surface area contributed by atoms with Crippen molar-refractivity contribution in [3.05, 3.63) is 58.2 Å². The fourth-order valence-electron chi connectivity index (χ4n) is 3.08. The smallest absolute Gasteiger partial charge is 0.0610 e. The number of halogens is 2. The Morgan fingerprint density at radius 2 is 1.81 bits per heavy atom. The van der Waals surface area contributed by atoms with E-state index < -0.39 is 0 Å². The molecule has 21 heavy (non-hydrogen) atoms. The number of rotatable bonds is 1. The maximum absolute atomic E-state index is 3.68. The van der Waals surface area contributed by atoms with Gasteiger partial charge >= 0.3 is 0 Å². The van der Waals surface area contributed by atoms with E-state index in [0.717, 1.165) is 24.0 Å². The van der Waals surface area contributed by atoms with E-state index in [2.05, 4.69) is 68.7 Å². The van der Waals surface area contributed by atoms with Gasteiger partial charge in [0, 0.05) is 35.1 Å². The average Bonchev–Trinajstić information content (AvgIpc) is 2.89. The largest absolute Gasteiger partial charge is 0.357 e. The minimum atomic E-state index is 0. The molecule has 0 amide bonds. The number of benzene rings is 2. The Kier molecular flexibility index (Phi) is 4.07. The second-order valence-corrected chi connectivity index (χ2v) is 6.07. The highest BCUT2D eigenvalue weighted by Crippen LogP contribution is 2.37. The highest BCUT2D eigenvalue weighted by molar-refractivity contribution is 9.10. The number of fused-ring (bicyclic) bond motifs is 3. The SMILES string of the molecule is Brc1ccc(-c2ccccc2)c2c3c([nH]c12)CCNC3.Cl. The first kappa shape index (κ1) is 14.6. The molecule has 0 bridgehead atoms. The van der Waals surface area contributed by atoms with Gasteiger partial charge in [-0.25, -0.2) is 0 Å². The quantitative estimate of drug-likeness (QED) is 0.646. The Morgan fingerprint density at radius 3 is 2.62 bits per heavy atom. The highest BCUT2D eigenvalue weighted by Gasteiger charge is 2.19. The van der Waals surface area contributed by atoms with Crippen LogP contribution in [0.3, 0.4) is 0 Å². The van der Waals surface area contributed by atoms with Gasteiger partial charge in [-0.3, -0.25) is 0 Å². The summed E-state index contributed by atoms with van der Waals surface area (Å²) >= 11 is 3.68. The molecular formula is C17H16BrClN2. The Labute approximate surface area is 138 Å². The number of aromatic amines is 1. The van der Waals surface area contributed by atoms with Crippen molar-refractivity contribution >= 4 is 39.2 Å². The van der Waals surface area contributed by atoms with Crippen LogP contribution in [0.15, 0.2) is 46.9 Å². The summed E-state index contributed by atoms with van der Waals surface area (Å²) in [5.74, 6) is 0. The zero-order valence-corrected chi connectivity index (χ0v) is 13.9. The molecule has 0 fully saturated rings. The van der Waals surface area contributed by atoms with Crippen molar-refractivity contribution in [1.29, 1.82) is 0 Å². The zero-order valence-electron chi connectivity index (χ0n) is 11.4. The van der Waals surface area contributed by atoms with E-state index in [1.54, 1.807) is 0 Å². The van der Waals surface area contributed by atoms with Crippen molar-refractivity contribution in [1.82, 2.24) is 10.3 Å². The van der Waals surface area contributed by atoms with Crippen molar-refractivity contribution in [3.8, 4) is 11.1 Å². The van der Waals surface area contributed by atoms with E-state index in [0.29, 0.717) is 0 Å². The van der Waals surface area contributed by atoms with E-state index in [4.69, 9.17) is 0 Å². The van der Waals surface area contributed by atoms with Crippen LogP contribution in [0.2, 0.25) is 0 Å². The van der Waals surface area contributed by atoms with Gasteiger partial charge in [0.25, 0.3) is 0 Å². The Bertz CT molecular complexity index is 780. The molecule has 1 aromatic heterocycles. The molecule has 0 saturated heterocycles. The third kappa shape index (κ3) is 2.39. The molecule has 2 N–H and O–H groups in total. The molecule has 2 aromatic carbocycles. The van der Waals surface area contributed by atoms with E-state index >= 15 is 0 Å². The molecule has 2 nitrogen and oxygen atoms in total. The topological polar surface area (TPSA) is 27.8 Å². The first-order valence-corrected chi connectivity index (χ1v) is 7.72. The summed E-state index contributed by atoms with van der Waals surface area (Å²) < 4.78 is 1.14. The number of hydrogen-bond acceptors (Lipinski definition) is 1. The van der Waals surface area contributed by atoms with Crippen LogP contribution in [0.25, 0.3) is 22.0 Å². The molecule has 2 heterocycles. The van der Waals surface area contributed by atoms with Gasteiger partial charge in [0.05, 0.1) is 5.52 Å². The number of H-pyrrole nitrogens is 1. The minimum Gasteiger partial charge on any atom is -0.357 e. The van der Waals surface area contributed by atoms with Gasteiger partial charge < -0.3 is 10.3 Å². The molecule has 4 rings (SSSR count). The molecular weight excluding hydrogens is 348 g/mol. The van der Waals surface area contributed by atoms with E-state index in [1.807, 2.05) is 0 Å². The van der Waals surface area contributed by atoms with E-state index in [-0.39, 0.29) is 12.4 Å². The maximum atomic E-state index is 3.68. The molecule has 0 unspecified atom stereocenters. The van der Waals surface area contributed by atoms with Crippen molar-refractivity contribution in [2.24, 2.45) is 0 Å². The van der Waals surface area contributed by atoms with Crippen LogP contribution in [0.4, 0.5) is 0 Å². The standard InChI is InChI=1S/C17H15BrN2.ClH/c18-14-7-6-12(11-4-2-1-3-5-11)16-13-10-19-9-8-15(13)20-17(14)16;/h1-7,19-20H,8-10H2;1H. The molecule has 0 radical (unpaired) electrons. The summed E-state index contributed by atoms with van der Waals surface area (Å²) in [6.45, 7) is 2.00. The summed E-state index contributed by atoms with van der Waals surface area (Å²) in [6, 6.07) is 15.0. The molecule has 1 aliphatic heterocycles. The Morgan fingerprint density at radius 1 is 1.00 bits per heavy atom. The second-order valence-electron chi connectivity index (χ2n) is 5.22. The summed E-state index contributed by atoms with van der Waals surface area (Å²) in [5, 5.41) is 4.84. The Balaban J connectivity index is 0.00000132. The van der Waals surface area contributed by atoms with Crippen LogP contribution in [-0.2, 0) is 13.0 Å². The summed E-state index contributed by atoms with van der Waals surface area (Å²) in [4.78, 5) is 3.61. The van der Waals surface area contributed by atoms with Crippen LogP contribution in [0, 0.1) is 0 Å². The molecule has 0 aliphatic carbocycles. The predicted octanol–water partition coefficient (Wildman–Crippen LogP) is 4.66. The van der Waals surface area contributed by atoms with Crippen molar-refractivity contribution in [2.75, 3.05) is 6.54 Å². The summed E-state index contributed by atoms with van der Waals surface area (Å²) in [5.41, 5.74) is 6.61. The summed E-state index contributed by atoms with van der Waals surface area (Å²) in [6.07, 6.45) is 1.07. The van der Waals surface area contributed by atoms with Crippen LogP contribution in [0.5, 0.6) is 0 Å². The predicted molar refractivity (Wildman–Crippen MR) is 94.1 cm³/mol. The van der Waals surface area contributed by atoms with E-state index in [1.165, 1.54) is 33.3 Å². The lowest BCUT2D eigenvalue weighted by molar-refractivity contribution is 0.641. The first-order valence-electron chi connectivity index (χ1n) is 6.92. The van der Waals surface area contributed by atoms with E-state index in [9.17, 15) is 0 Å². The first-order chi connectivity index (χ1) is 9.84. The molecule has 1 aliphatic rings. The fraction of sp³-hybridized carbons (Fsp3) is 0.176. The van der Waals surface area contributed by atoms with Gasteiger partial charge in [-0.05, 0) is 38.7 Å². The molecule has 0 saturated carbocycles. The molecule has 3 aromatic rings. The summed E-state index contributed by atoms with van der Waals surface area (Å²) in [7, 11) is 0. The lowest BCUT2D eigenvalue weighted by Crippen LogP contribution is -2.22. The molecule has 108 valence electrons. The van der Waals surface area contributed by atoms with Gasteiger partial charge in [0.15, 0.2) is 0 Å². The van der Waals surface area contributed by atoms with Crippen molar-refractivity contribution < 1.29 is 0 Å². The third-order valence-electron chi connectivity index (χ3n) is 4.03. The van der Waals surface area contributed by atoms with Crippen molar-refractivity contribution in [3.63, 3.8) is 0 Å². The minimum absolute atomic E-state index is 0. The normalized spacial score (nSPS) is 13.8. The monoisotopic (exact) mass is 362 g/mol. The molecule has 4 heteroatoms. The second kappa shape index (κ2) is 5.84. The van der Waals surface area contributed by atoms with Crippen LogP contribution in [0.1, 0.15) is 11.3 Å². The fourth-order valence-corrected chi connectivity index (χ4v) is 3.51.